The molecule has 1 aromatic carbocycles. The third kappa shape index (κ3) is 2.56. The van der Waals surface area contributed by atoms with Gasteiger partial charge in [-0.2, -0.15) is 0 Å². The van der Waals surface area contributed by atoms with Gasteiger partial charge in [0.2, 0.25) is 0 Å². The second kappa shape index (κ2) is 5.33. The van der Waals surface area contributed by atoms with Gasteiger partial charge < -0.3 is 9.82 Å². The third-order valence-electron chi connectivity index (χ3n) is 4.16. The first-order chi connectivity index (χ1) is 10.4. The van der Waals surface area contributed by atoms with Gasteiger partial charge in [-0.15, -0.1) is 0 Å². The first kappa shape index (κ1) is 12.6. The maximum Gasteiger partial charge on any atom is 0.145 e. The van der Waals surface area contributed by atoms with Gasteiger partial charge in [-0.05, 0) is 5.56 Å². The SMILES string of the molecule is c1ccc(C2=NO[C@H](CN3CCc4nc[nH]c4C3)C2)cc1. The fourth-order valence-corrected chi connectivity index (χ4v) is 3.04. The minimum atomic E-state index is 0.157. The smallest absolute Gasteiger partial charge is 0.145 e. The lowest BCUT2D eigenvalue weighted by Crippen LogP contribution is -2.36. The molecule has 0 aliphatic carbocycles. The number of oxime groups is 1. The van der Waals surface area contributed by atoms with E-state index in [1.165, 1.54) is 11.4 Å². The van der Waals surface area contributed by atoms with Crippen LogP contribution < -0.4 is 0 Å². The molecular weight excluding hydrogens is 264 g/mol. The van der Waals surface area contributed by atoms with Crippen molar-refractivity contribution in [3.8, 4) is 0 Å². The molecule has 0 radical (unpaired) electrons. The van der Waals surface area contributed by atoms with E-state index in [1.54, 1.807) is 6.33 Å². The Kier molecular flexibility index (Phi) is 3.20. The van der Waals surface area contributed by atoms with Crippen LogP contribution in [0.1, 0.15) is 23.4 Å². The molecule has 21 heavy (non-hydrogen) atoms. The zero-order valence-electron chi connectivity index (χ0n) is 11.8. The largest absolute Gasteiger partial charge is 0.390 e. The van der Waals surface area contributed by atoms with Gasteiger partial charge in [0.05, 0.1) is 23.4 Å². The number of nitrogens with zero attached hydrogens (tertiary/aromatic N) is 3. The summed E-state index contributed by atoms with van der Waals surface area (Å²) in [7, 11) is 0. The molecule has 5 heteroatoms. The summed E-state index contributed by atoms with van der Waals surface area (Å²) in [6, 6.07) is 10.3. The van der Waals surface area contributed by atoms with Crippen LogP contribution in [0, 0.1) is 0 Å². The number of H-pyrrole nitrogens is 1. The van der Waals surface area contributed by atoms with Crippen molar-refractivity contribution in [2.75, 3.05) is 13.1 Å². The second-order valence-electron chi connectivity index (χ2n) is 5.65. The van der Waals surface area contributed by atoms with Crippen LogP contribution in [0.3, 0.4) is 0 Å². The van der Waals surface area contributed by atoms with Gasteiger partial charge in [-0.3, -0.25) is 4.90 Å². The molecule has 5 nitrogen and oxygen atoms in total. The molecule has 2 aromatic rings. The van der Waals surface area contributed by atoms with Gasteiger partial charge in [0, 0.05) is 32.5 Å². The number of aromatic nitrogens is 2. The average molecular weight is 282 g/mol. The molecule has 2 aliphatic rings. The summed E-state index contributed by atoms with van der Waals surface area (Å²) in [5.74, 6) is 0. The van der Waals surface area contributed by atoms with Gasteiger partial charge in [0.15, 0.2) is 0 Å². The molecule has 2 aliphatic heterocycles. The number of fused-ring (bicyclic) bond motifs is 1. The molecule has 0 unspecified atom stereocenters. The summed E-state index contributed by atoms with van der Waals surface area (Å²) < 4.78 is 0. The topological polar surface area (TPSA) is 53.5 Å². The van der Waals surface area contributed by atoms with E-state index >= 15 is 0 Å². The van der Waals surface area contributed by atoms with Crippen molar-refractivity contribution in [3.63, 3.8) is 0 Å². The van der Waals surface area contributed by atoms with E-state index in [9.17, 15) is 0 Å². The van der Waals surface area contributed by atoms with Crippen LogP contribution in [-0.4, -0.2) is 39.8 Å². The highest BCUT2D eigenvalue weighted by molar-refractivity contribution is 6.01. The Balaban J connectivity index is 1.36. The quantitative estimate of drug-likeness (QED) is 0.936. The van der Waals surface area contributed by atoms with E-state index in [0.29, 0.717) is 0 Å². The molecule has 3 heterocycles. The molecule has 0 saturated carbocycles. The molecule has 0 saturated heterocycles. The molecule has 1 N–H and O–H groups in total. The zero-order valence-corrected chi connectivity index (χ0v) is 11.8. The highest BCUT2D eigenvalue weighted by Crippen LogP contribution is 2.20. The summed E-state index contributed by atoms with van der Waals surface area (Å²) in [4.78, 5) is 15.6. The fraction of sp³-hybridized carbons (Fsp3) is 0.375. The van der Waals surface area contributed by atoms with Crippen molar-refractivity contribution >= 4 is 5.71 Å². The molecule has 0 amide bonds. The van der Waals surface area contributed by atoms with Crippen molar-refractivity contribution in [1.82, 2.24) is 14.9 Å². The van der Waals surface area contributed by atoms with Gasteiger partial charge in [-0.25, -0.2) is 4.98 Å². The molecule has 0 spiro atoms. The summed E-state index contributed by atoms with van der Waals surface area (Å²) in [5.41, 5.74) is 4.66. The van der Waals surface area contributed by atoms with Crippen LogP contribution in [0.15, 0.2) is 41.8 Å². The maximum absolute atomic E-state index is 5.61. The average Bonchev–Trinajstić information content (AvgIpc) is 3.17. The van der Waals surface area contributed by atoms with Gasteiger partial charge in [0.1, 0.15) is 6.10 Å². The molecule has 0 fully saturated rings. The number of aromatic amines is 1. The molecule has 0 bridgehead atoms. The minimum Gasteiger partial charge on any atom is -0.390 e. The Labute approximate surface area is 123 Å². The van der Waals surface area contributed by atoms with Crippen LogP contribution in [-0.2, 0) is 17.8 Å². The molecular formula is C16H18N4O. The molecule has 1 aromatic heterocycles. The predicted molar refractivity (Wildman–Crippen MR) is 80.0 cm³/mol. The van der Waals surface area contributed by atoms with Crippen LogP contribution in [0.2, 0.25) is 0 Å². The summed E-state index contributed by atoms with van der Waals surface area (Å²) in [6.45, 7) is 2.88. The number of imidazole rings is 1. The van der Waals surface area contributed by atoms with E-state index in [-0.39, 0.29) is 6.10 Å². The zero-order chi connectivity index (χ0) is 14.1. The first-order valence-corrected chi connectivity index (χ1v) is 7.40. The second-order valence-corrected chi connectivity index (χ2v) is 5.65. The van der Waals surface area contributed by atoms with Gasteiger partial charge in [-0.1, -0.05) is 35.5 Å². The standard InChI is InChI=1S/C16H18N4O/c1-2-4-12(5-3-1)15-8-13(21-19-15)9-20-7-6-14-16(10-20)18-11-17-14/h1-5,11,13H,6-10H2,(H,17,18)/t13-/m0/s1. The number of nitrogens with one attached hydrogen (secondary N) is 1. The summed E-state index contributed by atoms with van der Waals surface area (Å²) in [6.07, 6.45) is 3.84. The van der Waals surface area contributed by atoms with Gasteiger partial charge >= 0.3 is 0 Å². The minimum absolute atomic E-state index is 0.157. The fourth-order valence-electron chi connectivity index (χ4n) is 3.04. The van der Waals surface area contributed by atoms with E-state index < -0.39 is 0 Å². The van der Waals surface area contributed by atoms with Crippen molar-refractivity contribution in [2.45, 2.75) is 25.5 Å². The Hall–Kier alpha value is -2.14. The Morgan fingerprint density at radius 1 is 1.29 bits per heavy atom. The first-order valence-electron chi connectivity index (χ1n) is 7.40. The van der Waals surface area contributed by atoms with Crippen LogP contribution >= 0.6 is 0 Å². The van der Waals surface area contributed by atoms with Crippen molar-refractivity contribution in [2.24, 2.45) is 5.16 Å². The Bertz CT molecular complexity index is 649. The number of benzene rings is 1. The molecule has 4 rings (SSSR count). The van der Waals surface area contributed by atoms with Crippen LogP contribution in [0.4, 0.5) is 0 Å². The monoisotopic (exact) mass is 282 g/mol. The lowest BCUT2D eigenvalue weighted by molar-refractivity contribution is 0.0483. The van der Waals surface area contributed by atoms with E-state index in [2.05, 4.69) is 32.2 Å². The normalized spacial score (nSPS) is 21.7. The van der Waals surface area contributed by atoms with Gasteiger partial charge in [0.25, 0.3) is 0 Å². The number of hydrogen-bond acceptors (Lipinski definition) is 4. The van der Waals surface area contributed by atoms with Crippen LogP contribution in [0.25, 0.3) is 0 Å². The number of rotatable bonds is 3. The van der Waals surface area contributed by atoms with Crippen molar-refractivity contribution in [1.29, 1.82) is 0 Å². The lowest BCUT2D eigenvalue weighted by atomic mass is 10.0. The molecule has 108 valence electrons. The molecule has 1 atom stereocenters. The van der Waals surface area contributed by atoms with Crippen molar-refractivity contribution < 1.29 is 4.84 Å². The maximum atomic E-state index is 5.61. The van der Waals surface area contributed by atoms with Crippen LogP contribution in [0.5, 0.6) is 0 Å². The van der Waals surface area contributed by atoms with E-state index in [4.69, 9.17) is 4.84 Å². The van der Waals surface area contributed by atoms with E-state index in [0.717, 1.165) is 43.8 Å². The third-order valence-corrected chi connectivity index (χ3v) is 4.16. The summed E-state index contributed by atoms with van der Waals surface area (Å²) in [5, 5.41) is 4.26. The highest BCUT2D eigenvalue weighted by atomic mass is 16.6. The Morgan fingerprint density at radius 2 is 2.19 bits per heavy atom. The van der Waals surface area contributed by atoms with E-state index in [1.807, 2.05) is 18.2 Å². The number of hydrogen-bond donors (Lipinski definition) is 1. The lowest BCUT2D eigenvalue weighted by Gasteiger charge is -2.27. The Morgan fingerprint density at radius 3 is 3.10 bits per heavy atom. The predicted octanol–water partition coefficient (Wildman–Crippen LogP) is 1.96. The highest BCUT2D eigenvalue weighted by Gasteiger charge is 2.26. The van der Waals surface area contributed by atoms with Crippen molar-refractivity contribution in [3.05, 3.63) is 53.6 Å². The summed E-state index contributed by atoms with van der Waals surface area (Å²) >= 11 is 0.